The molecule has 5 nitrogen and oxygen atoms in total. The van der Waals surface area contributed by atoms with Gasteiger partial charge in [0, 0.05) is 18.8 Å². The summed E-state index contributed by atoms with van der Waals surface area (Å²) in [7, 11) is -1.33. The summed E-state index contributed by atoms with van der Waals surface area (Å²) in [6, 6.07) is 6.76. The van der Waals surface area contributed by atoms with Crippen molar-refractivity contribution in [3.63, 3.8) is 0 Å². The molecule has 1 aliphatic heterocycles. The Bertz CT molecular complexity index is 676. The lowest BCUT2D eigenvalue weighted by Gasteiger charge is -2.27. The summed E-state index contributed by atoms with van der Waals surface area (Å²) < 4.78 is 23.3. The molecule has 1 heterocycles. The maximum absolute atomic E-state index is 12.7. The monoisotopic (exact) mass is 306 g/mol. The van der Waals surface area contributed by atoms with Crippen molar-refractivity contribution in [2.75, 3.05) is 30.4 Å². The number of sulfone groups is 1. The van der Waals surface area contributed by atoms with E-state index in [1.807, 2.05) is 6.07 Å². The summed E-state index contributed by atoms with van der Waals surface area (Å²) in [4.78, 5) is 14.2. The molecule has 1 fully saturated rings. The molecule has 0 bridgehead atoms. The number of nitrogens with zero attached hydrogens (tertiary/aromatic N) is 1. The van der Waals surface area contributed by atoms with Crippen LogP contribution in [-0.2, 0) is 9.84 Å². The summed E-state index contributed by atoms with van der Waals surface area (Å²) >= 11 is 0. The molecule has 1 aromatic carbocycles. The maximum atomic E-state index is 12.7. The van der Waals surface area contributed by atoms with Gasteiger partial charge in [0.2, 0.25) is 0 Å². The first-order valence-electron chi connectivity index (χ1n) is 6.70. The average molecular weight is 306 g/mol. The van der Waals surface area contributed by atoms with Gasteiger partial charge in [-0.15, -0.1) is 6.42 Å². The molecule has 1 atom stereocenters. The molecule has 2 rings (SSSR count). The zero-order valence-electron chi connectivity index (χ0n) is 11.9. The van der Waals surface area contributed by atoms with Crippen LogP contribution >= 0.6 is 0 Å². The number of terminal acetylenes is 1. The van der Waals surface area contributed by atoms with Gasteiger partial charge in [-0.25, -0.2) is 8.42 Å². The van der Waals surface area contributed by atoms with E-state index in [0.717, 1.165) is 0 Å². The Morgan fingerprint density at radius 1 is 1.48 bits per heavy atom. The Hall–Kier alpha value is -2.00. The molecule has 1 unspecified atom stereocenters. The highest BCUT2D eigenvalue weighted by Crippen LogP contribution is 2.22. The highest BCUT2D eigenvalue weighted by Gasteiger charge is 2.35. The topological polar surface area (TPSA) is 66.5 Å². The van der Waals surface area contributed by atoms with Gasteiger partial charge in [-0.1, -0.05) is 18.1 Å². The first kappa shape index (κ1) is 15.4. The van der Waals surface area contributed by atoms with E-state index in [1.54, 1.807) is 25.2 Å². The van der Waals surface area contributed by atoms with Crippen LogP contribution in [0.2, 0.25) is 0 Å². The molecule has 1 aromatic rings. The van der Waals surface area contributed by atoms with Gasteiger partial charge in [0.15, 0.2) is 9.84 Å². The Morgan fingerprint density at radius 3 is 2.76 bits per heavy atom. The summed E-state index contributed by atoms with van der Waals surface area (Å²) in [6.07, 6.45) is 5.78. The molecule has 0 saturated carbocycles. The molecule has 0 aromatic heterocycles. The highest BCUT2D eigenvalue weighted by molar-refractivity contribution is 7.91. The molecular weight excluding hydrogens is 288 g/mol. The first-order chi connectivity index (χ1) is 9.98. The molecule has 6 heteroatoms. The fraction of sp³-hybridized carbons (Fsp3) is 0.400. The smallest absolute Gasteiger partial charge is 0.257 e. The van der Waals surface area contributed by atoms with E-state index < -0.39 is 9.84 Å². The van der Waals surface area contributed by atoms with Crippen molar-refractivity contribution in [2.45, 2.75) is 12.5 Å². The number of nitrogens with one attached hydrogen (secondary N) is 1. The number of hydrogen-bond donors (Lipinski definition) is 1. The van der Waals surface area contributed by atoms with Gasteiger partial charge in [-0.2, -0.15) is 0 Å². The van der Waals surface area contributed by atoms with Crippen LogP contribution in [0.3, 0.4) is 0 Å². The van der Waals surface area contributed by atoms with Crippen molar-refractivity contribution in [3.05, 3.63) is 29.8 Å². The lowest BCUT2D eigenvalue weighted by molar-refractivity contribution is 0.0725. The number of hydrogen-bond acceptors (Lipinski definition) is 4. The van der Waals surface area contributed by atoms with Gasteiger partial charge in [0.25, 0.3) is 5.91 Å². The highest BCUT2D eigenvalue weighted by atomic mass is 32.2. The van der Waals surface area contributed by atoms with Gasteiger partial charge in [-0.05, 0) is 18.6 Å². The van der Waals surface area contributed by atoms with E-state index in [-0.39, 0.29) is 30.0 Å². The van der Waals surface area contributed by atoms with Crippen LogP contribution < -0.4 is 5.32 Å². The summed E-state index contributed by atoms with van der Waals surface area (Å²) in [5.41, 5.74) is 1.20. The van der Waals surface area contributed by atoms with Crippen molar-refractivity contribution < 1.29 is 13.2 Å². The third-order valence-corrected chi connectivity index (χ3v) is 5.35. The van der Waals surface area contributed by atoms with Crippen LogP contribution in [0, 0.1) is 12.3 Å². The summed E-state index contributed by atoms with van der Waals surface area (Å²) in [5, 5.41) is 2.96. The zero-order valence-corrected chi connectivity index (χ0v) is 12.7. The molecule has 0 radical (unpaired) electrons. The number of amides is 1. The lowest BCUT2D eigenvalue weighted by atomic mass is 10.1. The molecule has 112 valence electrons. The van der Waals surface area contributed by atoms with Gasteiger partial charge < -0.3 is 10.2 Å². The first-order valence-corrected chi connectivity index (χ1v) is 8.52. The summed E-state index contributed by atoms with van der Waals surface area (Å²) in [6.45, 7) is 0.108. The fourth-order valence-corrected chi connectivity index (χ4v) is 4.26. The van der Waals surface area contributed by atoms with Crippen molar-refractivity contribution in [2.24, 2.45) is 0 Å². The van der Waals surface area contributed by atoms with E-state index in [1.165, 1.54) is 4.90 Å². The van der Waals surface area contributed by atoms with Crippen LogP contribution in [0.5, 0.6) is 0 Å². The molecule has 1 N–H and O–H groups in total. The van der Waals surface area contributed by atoms with Crippen LogP contribution in [0.1, 0.15) is 16.8 Å². The molecular formula is C15H18N2O3S. The Balaban J connectivity index is 2.30. The number of carbonyl (C=O) groups excluding carboxylic acids is 1. The van der Waals surface area contributed by atoms with Crippen LogP contribution in [0.4, 0.5) is 5.69 Å². The Morgan fingerprint density at radius 2 is 2.19 bits per heavy atom. The predicted octanol–water partition coefficient (Wildman–Crippen LogP) is 0.991. The van der Waals surface area contributed by atoms with Gasteiger partial charge >= 0.3 is 0 Å². The standard InChI is InChI=1S/C15H18N2O3S/c1-3-9-17(12-8-10-21(19,20)11-12)15(18)13-6-4-5-7-14(13)16-2/h1,4-7,12,16H,8-11H2,2H3. The number of rotatable bonds is 4. The van der Waals surface area contributed by atoms with Crippen molar-refractivity contribution >= 4 is 21.4 Å². The second-order valence-electron chi connectivity index (χ2n) is 4.99. The number of para-hydroxylation sites is 1. The zero-order chi connectivity index (χ0) is 15.5. The number of benzene rings is 1. The molecule has 21 heavy (non-hydrogen) atoms. The van der Waals surface area contributed by atoms with Crippen LogP contribution in [0.15, 0.2) is 24.3 Å². The van der Waals surface area contributed by atoms with Crippen molar-refractivity contribution in [1.82, 2.24) is 4.90 Å². The van der Waals surface area contributed by atoms with E-state index in [4.69, 9.17) is 6.42 Å². The van der Waals surface area contributed by atoms with E-state index in [2.05, 4.69) is 11.2 Å². The van der Waals surface area contributed by atoms with Gasteiger partial charge in [0.05, 0.1) is 23.6 Å². The summed E-state index contributed by atoms with van der Waals surface area (Å²) in [5.74, 6) is 2.31. The second-order valence-corrected chi connectivity index (χ2v) is 7.22. The molecule has 1 saturated heterocycles. The molecule has 0 spiro atoms. The third-order valence-electron chi connectivity index (χ3n) is 3.60. The molecule has 0 aliphatic carbocycles. The van der Waals surface area contributed by atoms with Crippen molar-refractivity contribution in [3.8, 4) is 12.3 Å². The number of carbonyl (C=O) groups is 1. The van der Waals surface area contributed by atoms with Gasteiger partial charge in [0.1, 0.15) is 0 Å². The maximum Gasteiger partial charge on any atom is 0.257 e. The van der Waals surface area contributed by atoms with Crippen LogP contribution in [-0.4, -0.2) is 50.4 Å². The minimum absolute atomic E-state index is 0.0118. The third kappa shape index (κ3) is 3.37. The fourth-order valence-electron chi connectivity index (χ4n) is 2.53. The molecule has 1 aliphatic rings. The quantitative estimate of drug-likeness (QED) is 0.843. The minimum atomic E-state index is -3.07. The second kappa shape index (κ2) is 6.19. The van der Waals surface area contributed by atoms with Crippen LogP contribution in [0.25, 0.3) is 0 Å². The number of anilines is 1. The average Bonchev–Trinajstić information content (AvgIpc) is 2.84. The lowest BCUT2D eigenvalue weighted by Crippen LogP contribution is -2.41. The van der Waals surface area contributed by atoms with E-state index in [9.17, 15) is 13.2 Å². The van der Waals surface area contributed by atoms with Gasteiger partial charge in [-0.3, -0.25) is 4.79 Å². The molecule has 1 amide bonds. The SMILES string of the molecule is C#CCN(C(=O)c1ccccc1NC)C1CCS(=O)(=O)C1. The van der Waals surface area contributed by atoms with E-state index >= 15 is 0 Å². The Labute approximate surface area is 125 Å². The van der Waals surface area contributed by atoms with E-state index in [0.29, 0.717) is 17.7 Å². The minimum Gasteiger partial charge on any atom is -0.387 e. The van der Waals surface area contributed by atoms with Crippen molar-refractivity contribution in [1.29, 1.82) is 0 Å². The predicted molar refractivity (Wildman–Crippen MR) is 82.9 cm³/mol. The normalized spacial score (nSPS) is 19.7. The largest absolute Gasteiger partial charge is 0.387 e. The Kier molecular flexibility index (Phi) is 4.53.